The molecule has 1 aromatic heterocycles. The molecule has 2 aromatic rings. The highest BCUT2D eigenvalue weighted by atomic mass is 35.5. The number of ether oxygens (including phenoxy) is 1. The van der Waals surface area contributed by atoms with Crippen molar-refractivity contribution in [1.82, 2.24) is 4.98 Å². The molecule has 0 fully saturated rings. The van der Waals surface area contributed by atoms with Crippen molar-refractivity contribution in [3.63, 3.8) is 0 Å². The summed E-state index contributed by atoms with van der Waals surface area (Å²) < 4.78 is 5.51. The van der Waals surface area contributed by atoms with Gasteiger partial charge in [-0.2, -0.15) is 0 Å². The van der Waals surface area contributed by atoms with Crippen LogP contribution in [0.1, 0.15) is 15.9 Å². The fraction of sp³-hybridized carbons (Fsp3) is 0. The molecule has 1 aliphatic rings. The van der Waals surface area contributed by atoms with Crippen LogP contribution in [0.2, 0.25) is 5.02 Å². The van der Waals surface area contributed by atoms with Crippen LogP contribution >= 0.6 is 11.6 Å². The molecule has 0 radical (unpaired) electrons. The molecule has 2 heterocycles. The number of halogens is 1. The van der Waals surface area contributed by atoms with E-state index in [4.69, 9.17) is 16.3 Å². The van der Waals surface area contributed by atoms with Gasteiger partial charge in [-0.1, -0.05) is 11.6 Å². The molecule has 0 N–H and O–H groups in total. The number of Topliss-reactive ketones (excluding diaryl/α,β-unsaturated/α-hetero) is 1. The number of hydrogen-bond acceptors (Lipinski definition) is 3. The van der Waals surface area contributed by atoms with Crippen molar-refractivity contribution in [3.05, 3.63) is 64.6 Å². The normalized spacial score (nSPS) is 15.6. The van der Waals surface area contributed by atoms with Crippen molar-refractivity contribution in [1.29, 1.82) is 0 Å². The molecule has 3 rings (SSSR count). The van der Waals surface area contributed by atoms with E-state index in [1.165, 1.54) is 0 Å². The highest BCUT2D eigenvalue weighted by Gasteiger charge is 2.27. The maximum Gasteiger partial charge on any atom is 0.232 e. The first-order valence-electron chi connectivity index (χ1n) is 5.38. The Morgan fingerprint density at radius 1 is 1.17 bits per heavy atom. The van der Waals surface area contributed by atoms with Gasteiger partial charge >= 0.3 is 0 Å². The van der Waals surface area contributed by atoms with Gasteiger partial charge in [0.05, 0.1) is 5.56 Å². The van der Waals surface area contributed by atoms with Gasteiger partial charge in [-0.15, -0.1) is 0 Å². The summed E-state index contributed by atoms with van der Waals surface area (Å²) in [7, 11) is 0. The summed E-state index contributed by atoms with van der Waals surface area (Å²) in [5.74, 6) is 0.701. The number of ketones is 1. The molecule has 3 nitrogen and oxygen atoms in total. The molecule has 0 saturated carbocycles. The van der Waals surface area contributed by atoms with Crippen molar-refractivity contribution < 1.29 is 9.53 Å². The number of rotatable bonds is 1. The molecule has 0 amide bonds. The monoisotopic (exact) mass is 257 g/mol. The zero-order chi connectivity index (χ0) is 12.5. The number of carbonyl (C=O) groups excluding carboxylic acids is 1. The number of pyridine rings is 1. The number of aromatic nitrogens is 1. The lowest BCUT2D eigenvalue weighted by Gasteiger charge is -1.97. The van der Waals surface area contributed by atoms with E-state index >= 15 is 0 Å². The van der Waals surface area contributed by atoms with Gasteiger partial charge in [0.2, 0.25) is 5.78 Å². The number of fused-ring (bicyclic) bond motifs is 1. The lowest BCUT2D eigenvalue weighted by atomic mass is 10.1. The second-order valence-electron chi connectivity index (χ2n) is 3.86. The van der Waals surface area contributed by atoms with E-state index < -0.39 is 0 Å². The number of allylic oxidation sites excluding steroid dienone is 1. The zero-order valence-electron chi connectivity index (χ0n) is 9.26. The lowest BCUT2D eigenvalue weighted by molar-refractivity contribution is 0.101. The molecular weight excluding hydrogens is 250 g/mol. The number of carbonyl (C=O) groups is 1. The van der Waals surface area contributed by atoms with Crippen LogP contribution in [0.5, 0.6) is 5.75 Å². The summed E-state index contributed by atoms with van der Waals surface area (Å²) in [5, 5.41) is 0.524. The molecule has 0 bridgehead atoms. The third-order valence-corrected chi connectivity index (χ3v) is 2.87. The Morgan fingerprint density at radius 2 is 1.94 bits per heavy atom. The summed E-state index contributed by atoms with van der Waals surface area (Å²) in [6, 6.07) is 8.62. The van der Waals surface area contributed by atoms with Crippen LogP contribution in [-0.2, 0) is 0 Å². The Hall–Kier alpha value is -2.13. The Kier molecular flexibility index (Phi) is 2.61. The lowest BCUT2D eigenvalue weighted by Crippen LogP contribution is -1.98. The fourth-order valence-corrected chi connectivity index (χ4v) is 1.94. The Morgan fingerprint density at radius 3 is 2.72 bits per heavy atom. The largest absolute Gasteiger partial charge is 0.452 e. The van der Waals surface area contributed by atoms with Gasteiger partial charge in [-0.3, -0.25) is 9.78 Å². The first-order chi connectivity index (χ1) is 8.74. The first-order valence-corrected chi connectivity index (χ1v) is 5.76. The summed E-state index contributed by atoms with van der Waals surface area (Å²) >= 11 is 5.86. The minimum Gasteiger partial charge on any atom is -0.452 e. The van der Waals surface area contributed by atoms with Crippen LogP contribution in [0.4, 0.5) is 0 Å². The Labute approximate surface area is 109 Å². The maximum atomic E-state index is 12.1. The van der Waals surface area contributed by atoms with Crippen molar-refractivity contribution in [2.45, 2.75) is 0 Å². The van der Waals surface area contributed by atoms with Gasteiger partial charge in [0, 0.05) is 17.4 Å². The minimum absolute atomic E-state index is 0.149. The summed E-state index contributed by atoms with van der Waals surface area (Å²) in [6.45, 7) is 0. The van der Waals surface area contributed by atoms with Crippen LogP contribution in [0.3, 0.4) is 0 Å². The molecule has 0 saturated heterocycles. The van der Waals surface area contributed by atoms with E-state index in [-0.39, 0.29) is 5.78 Å². The minimum atomic E-state index is -0.149. The third-order valence-electron chi connectivity index (χ3n) is 2.63. The van der Waals surface area contributed by atoms with Crippen LogP contribution in [0.25, 0.3) is 6.08 Å². The summed E-state index contributed by atoms with van der Waals surface area (Å²) in [5.41, 5.74) is 1.37. The second-order valence-corrected chi connectivity index (χ2v) is 4.30. The number of nitrogens with zero attached hydrogens (tertiary/aromatic N) is 1. The molecule has 0 spiro atoms. The van der Waals surface area contributed by atoms with Crippen molar-refractivity contribution in [2.75, 3.05) is 0 Å². The molecule has 0 unspecified atom stereocenters. The molecule has 18 heavy (non-hydrogen) atoms. The van der Waals surface area contributed by atoms with E-state index in [2.05, 4.69) is 4.98 Å². The molecule has 1 aromatic carbocycles. The van der Waals surface area contributed by atoms with Gasteiger partial charge in [-0.05, 0) is 42.0 Å². The third kappa shape index (κ3) is 1.89. The van der Waals surface area contributed by atoms with Crippen LogP contribution < -0.4 is 4.74 Å². The molecule has 1 aliphatic heterocycles. The molecular formula is C14H8ClNO2. The number of benzene rings is 1. The standard InChI is InChI=1S/C14H8ClNO2/c15-10-1-2-12-11(8-10)14(17)13(18-12)7-9-3-5-16-6-4-9/h1-8H. The zero-order valence-corrected chi connectivity index (χ0v) is 10.0. The van der Waals surface area contributed by atoms with Crippen LogP contribution in [0.15, 0.2) is 48.5 Å². The Bertz CT molecular complexity index is 650. The van der Waals surface area contributed by atoms with Gasteiger partial charge in [-0.25, -0.2) is 0 Å². The van der Waals surface area contributed by atoms with E-state index in [1.54, 1.807) is 48.8 Å². The Balaban J connectivity index is 2.00. The van der Waals surface area contributed by atoms with Crippen LogP contribution in [0, 0.1) is 0 Å². The highest BCUT2D eigenvalue weighted by Crippen LogP contribution is 2.33. The van der Waals surface area contributed by atoms with Gasteiger partial charge in [0.15, 0.2) is 5.76 Å². The smallest absolute Gasteiger partial charge is 0.232 e. The highest BCUT2D eigenvalue weighted by molar-refractivity contribution is 6.31. The van der Waals surface area contributed by atoms with Crippen molar-refractivity contribution in [2.24, 2.45) is 0 Å². The average Bonchev–Trinajstić information content (AvgIpc) is 2.68. The predicted molar refractivity (Wildman–Crippen MR) is 68.6 cm³/mol. The van der Waals surface area contributed by atoms with Crippen molar-refractivity contribution in [3.8, 4) is 5.75 Å². The SMILES string of the molecule is O=C1C(=Cc2ccncc2)Oc2ccc(Cl)cc21. The predicted octanol–water partition coefficient (Wildman–Crippen LogP) is 3.35. The van der Waals surface area contributed by atoms with Gasteiger partial charge in [0.1, 0.15) is 5.75 Å². The quantitative estimate of drug-likeness (QED) is 0.736. The molecule has 0 atom stereocenters. The van der Waals surface area contributed by atoms with Crippen molar-refractivity contribution >= 4 is 23.5 Å². The van der Waals surface area contributed by atoms with E-state index in [9.17, 15) is 4.79 Å². The van der Waals surface area contributed by atoms with Gasteiger partial charge < -0.3 is 4.74 Å². The van der Waals surface area contributed by atoms with Gasteiger partial charge in [0.25, 0.3) is 0 Å². The maximum absolute atomic E-state index is 12.1. The summed E-state index contributed by atoms with van der Waals surface area (Å²) in [4.78, 5) is 16.0. The van der Waals surface area contributed by atoms with E-state index in [0.29, 0.717) is 22.1 Å². The number of hydrogen-bond donors (Lipinski definition) is 0. The topological polar surface area (TPSA) is 39.2 Å². The molecule has 4 heteroatoms. The fourth-order valence-electron chi connectivity index (χ4n) is 1.77. The van der Waals surface area contributed by atoms with E-state index in [0.717, 1.165) is 5.56 Å². The molecule has 88 valence electrons. The molecule has 0 aliphatic carbocycles. The summed E-state index contributed by atoms with van der Waals surface area (Å²) in [6.07, 6.45) is 5.02. The van der Waals surface area contributed by atoms with Crippen LogP contribution in [-0.4, -0.2) is 10.8 Å². The average molecular weight is 258 g/mol. The first kappa shape index (κ1) is 11.0. The second kappa shape index (κ2) is 4.27. The van der Waals surface area contributed by atoms with E-state index in [1.807, 2.05) is 0 Å².